The molecule has 0 fully saturated rings. The van der Waals surface area contributed by atoms with Crippen molar-refractivity contribution in [3.63, 3.8) is 0 Å². The first-order valence-electron chi connectivity index (χ1n) is 3.17. The summed E-state index contributed by atoms with van der Waals surface area (Å²) >= 11 is 0. The van der Waals surface area contributed by atoms with Crippen LogP contribution >= 0.6 is 7.92 Å². The van der Waals surface area contributed by atoms with Crippen LogP contribution in [0.25, 0.3) is 0 Å². The van der Waals surface area contributed by atoms with E-state index in [1.807, 2.05) is 13.8 Å². The van der Waals surface area contributed by atoms with E-state index in [-0.39, 0.29) is 5.49 Å². The van der Waals surface area contributed by atoms with Gasteiger partial charge in [0, 0.05) is 0 Å². The van der Waals surface area contributed by atoms with Gasteiger partial charge in [0.05, 0.1) is 5.49 Å². The maximum absolute atomic E-state index is 10.3. The van der Waals surface area contributed by atoms with E-state index in [0.717, 1.165) is 12.3 Å². The highest BCUT2D eigenvalue weighted by molar-refractivity contribution is 7.93. The van der Waals surface area contributed by atoms with E-state index in [4.69, 9.17) is 4.55 Å². The van der Waals surface area contributed by atoms with Crippen LogP contribution in [0.15, 0.2) is 0 Å². The molecule has 0 heterocycles. The predicted molar refractivity (Wildman–Crippen MR) is 44.4 cm³/mol. The Labute approximate surface area is 63.3 Å². The molecule has 0 aliphatic carbocycles. The van der Waals surface area contributed by atoms with Crippen molar-refractivity contribution in [3.05, 3.63) is 0 Å². The van der Waals surface area contributed by atoms with Gasteiger partial charge in [-0.1, -0.05) is 21.8 Å². The van der Waals surface area contributed by atoms with E-state index in [2.05, 4.69) is 0 Å². The van der Waals surface area contributed by atoms with Crippen LogP contribution in [-0.2, 0) is 10.1 Å². The fourth-order valence-corrected chi connectivity index (χ4v) is 4.39. The molecule has 0 unspecified atom stereocenters. The van der Waals surface area contributed by atoms with Gasteiger partial charge in [-0.25, -0.2) is 0 Å². The van der Waals surface area contributed by atoms with Gasteiger partial charge in [0.2, 0.25) is 0 Å². The largest absolute Gasteiger partial charge is 0.285 e. The number of hydrogen-bond donors (Lipinski definition) is 1. The van der Waals surface area contributed by atoms with E-state index < -0.39 is 18.0 Å². The molecule has 0 aromatic heterocycles. The first-order chi connectivity index (χ1) is 4.49. The van der Waals surface area contributed by atoms with Gasteiger partial charge in [0.15, 0.2) is 0 Å². The Balaban J connectivity index is 3.87. The Morgan fingerprint density at radius 3 is 1.80 bits per heavy atom. The molecule has 62 valence electrons. The second-order valence-corrected chi connectivity index (χ2v) is 6.82. The van der Waals surface area contributed by atoms with Gasteiger partial charge in [-0.15, -0.1) is 0 Å². The van der Waals surface area contributed by atoms with Crippen molar-refractivity contribution in [1.29, 1.82) is 0 Å². The smallest absolute Gasteiger partial charge is 0.268 e. The van der Waals surface area contributed by atoms with Crippen LogP contribution in [0.4, 0.5) is 0 Å². The highest BCUT2D eigenvalue weighted by Gasteiger charge is 2.11. The lowest BCUT2D eigenvalue weighted by Crippen LogP contribution is -2.04. The molecule has 0 rings (SSSR count). The molecule has 0 bridgehead atoms. The lowest BCUT2D eigenvalue weighted by Gasteiger charge is -2.09. The molecule has 0 aromatic rings. The van der Waals surface area contributed by atoms with Crippen LogP contribution < -0.4 is 0 Å². The summed E-state index contributed by atoms with van der Waals surface area (Å²) in [4.78, 5) is 0. The summed E-state index contributed by atoms with van der Waals surface area (Å²) in [6.07, 6.45) is 1.73. The molecule has 0 aliphatic heterocycles. The minimum absolute atomic E-state index is 0.0324. The summed E-state index contributed by atoms with van der Waals surface area (Å²) in [6, 6.07) is 0. The maximum atomic E-state index is 10.3. The van der Waals surface area contributed by atoms with Crippen LogP contribution in [0, 0.1) is 0 Å². The topological polar surface area (TPSA) is 54.4 Å². The molecule has 1 N–H and O–H groups in total. The van der Waals surface area contributed by atoms with Crippen molar-refractivity contribution < 1.29 is 13.0 Å². The summed E-state index contributed by atoms with van der Waals surface area (Å²) in [6.45, 7) is 3.89. The summed E-state index contributed by atoms with van der Waals surface area (Å²) < 4.78 is 29.1. The van der Waals surface area contributed by atoms with Gasteiger partial charge in [-0.2, -0.15) is 8.42 Å². The second kappa shape index (κ2) is 4.27. The van der Waals surface area contributed by atoms with E-state index in [0.29, 0.717) is 0 Å². The Kier molecular flexibility index (Phi) is 4.41. The standard InChI is InChI=1S/C5H13O3PS/c1-3-9(4-2)5-10(6,7)8/h3-5H2,1-2H3,(H,6,7,8). The lowest BCUT2D eigenvalue weighted by molar-refractivity contribution is 0.488. The first-order valence-corrected chi connectivity index (χ1v) is 6.67. The molecule has 0 amide bonds. The van der Waals surface area contributed by atoms with Gasteiger partial charge in [0.25, 0.3) is 10.1 Å². The van der Waals surface area contributed by atoms with Gasteiger partial charge >= 0.3 is 0 Å². The van der Waals surface area contributed by atoms with Crippen LogP contribution in [-0.4, -0.2) is 30.8 Å². The SMILES string of the molecule is CCP(CC)CS(=O)(=O)O. The van der Waals surface area contributed by atoms with Crippen LogP contribution in [0.3, 0.4) is 0 Å². The zero-order valence-corrected chi connectivity index (χ0v) is 7.95. The van der Waals surface area contributed by atoms with Crippen molar-refractivity contribution in [3.8, 4) is 0 Å². The summed E-state index contributed by atoms with van der Waals surface area (Å²) in [5, 5.41) is 0. The highest BCUT2D eigenvalue weighted by Crippen LogP contribution is 2.34. The predicted octanol–water partition coefficient (Wildman–Crippen LogP) is 1.35. The van der Waals surface area contributed by atoms with Gasteiger partial charge in [-0.3, -0.25) is 4.55 Å². The molecule has 3 nitrogen and oxygen atoms in total. The van der Waals surface area contributed by atoms with E-state index >= 15 is 0 Å². The quantitative estimate of drug-likeness (QED) is 0.530. The fraction of sp³-hybridized carbons (Fsp3) is 1.00. The third kappa shape index (κ3) is 5.15. The van der Waals surface area contributed by atoms with Crippen molar-refractivity contribution in [2.45, 2.75) is 13.8 Å². The fourth-order valence-electron chi connectivity index (χ4n) is 0.637. The summed E-state index contributed by atoms with van der Waals surface area (Å²) in [5.74, 6) is 0. The lowest BCUT2D eigenvalue weighted by atomic mass is 11.0. The van der Waals surface area contributed by atoms with Crippen molar-refractivity contribution in [2.24, 2.45) is 0 Å². The second-order valence-electron chi connectivity index (χ2n) is 2.01. The van der Waals surface area contributed by atoms with Gasteiger partial charge < -0.3 is 0 Å². The van der Waals surface area contributed by atoms with Gasteiger partial charge in [-0.05, 0) is 12.3 Å². The zero-order chi connectivity index (χ0) is 8.20. The van der Waals surface area contributed by atoms with Gasteiger partial charge in [0.1, 0.15) is 0 Å². The third-order valence-electron chi connectivity index (χ3n) is 1.24. The molecule has 0 saturated carbocycles. The Bertz CT molecular complexity index is 171. The van der Waals surface area contributed by atoms with Crippen LogP contribution in [0.5, 0.6) is 0 Å². The van der Waals surface area contributed by atoms with E-state index in [1.165, 1.54) is 0 Å². The molecular weight excluding hydrogens is 171 g/mol. The normalized spacial score (nSPS) is 12.4. The number of rotatable bonds is 4. The molecule has 0 radical (unpaired) electrons. The Morgan fingerprint density at radius 2 is 1.70 bits per heavy atom. The Hall–Kier alpha value is 0.340. The molecule has 0 aromatic carbocycles. The molecule has 0 saturated heterocycles. The minimum Gasteiger partial charge on any atom is -0.285 e. The Morgan fingerprint density at radius 1 is 1.30 bits per heavy atom. The van der Waals surface area contributed by atoms with E-state index in [1.54, 1.807) is 0 Å². The molecule has 5 heteroatoms. The van der Waals surface area contributed by atoms with Crippen LogP contribution in [0.1, 0.15) is 13.8 Å². The summed E-state index contributed by atoms with van der Waals surface area (Å²) in [5.41, 5.74) is -0.0324. The monoisotopic (exact) mass is 184 g/mol. The molecule has 10 heavy (non-hydrogen) atoms. The highest BCUT2D eigenvalue weighted by atomic mass is 32.2. The van der Waals surface area contributed by atoms with Crippen molar-refractivity contribution in [1.82, 2.24) is 0 Å². The minimum atomic E-state index is -3.72. The first kappa shape index (κ1) is 10.3. The molecule has 0 aliphatic rings. The van der Waals surface area contributed by atoms with Crippen molar-refractivity contribution >= 4 is 18.0 Å². The molecule has 0 atom stereocenters. The average molecular weight is 184 g/mol. The molecular formula is C5H13O3PS. The molecule has 0 spiro atoms. The maximum Gasteiger partial charge on any atom is 0.268 e. The van der Waals surface area contributed by atoms with Crippen molar-refractivity contribution in [2.75, 3.05) is 17.8 Å². The average Bonchev–Trinajstić information content (AvgIpc) is 1.81. The summed E-state index contributed by atoms with van der Waals surface area (Å²) in [7, 11) is -4.20. The number of hydrogen-bond acceptors (Lipinski definition) is 2. The third-order valence-corrected chi connectivity index (χ3v) is 5.79. The zero-order valence-electron chi connectivity index (χ0n) is 6.24. The van der Waals surface area contributed by atoms with Crippen LogP contribution in [0.2, 0.25) is 0 Å². The van der Waals surface area contributed by atoms with E-state index in [9.17, 15) is 8.42 Å².